The molecule has 2 rings (SSSR count). The summed E-state index contributed by atoms with van der Waals surface area (Å²) in [6.45, 7) is 6.16. The zero-order chi connectivity index (χ0) is 13.8. The number of anilines is 1. The Labute approximate surface area is 114 Å². The number of hydrogen-bond donors (Lipinski definition) is 1. The van der Waals surface area contributed by atoms with Crippen LogP contribution < -0.4 is 4.90 Å². The van der Waals surface area contributed by atoms with Gasteiger partial charge < -0.3 is 14.7 Å². The largest absolute Gasteiger partial charge is 0.389 e. The van der Waals surface area contributed by atoms with E-state index in [1.54, 1.807) is 13.0 Å². The van der Waals surface area contributed by atoms with Crippen LogP contribution >= 0.6 is 0 Å². The molecule has 1 unspecified atom stereocenters. The molecule has 0 aromatic heterocycles. The van der Waals surface area contributed by atoms with Gasteiger partial charge in [0.1, 0.15) is 5.82 Å². The Bertz CT molecular complexity index is 417. The molecule has 19 heavy (non-hydrogen) atoms. The van der Waals surface area contributed by atoms with E-state index >= 15 is 0 Å². The molecule has 4 heteroatoms. The van der Waals surface area contributed by atoms with Gasteiger partial charge >= 0.3 is 0 Å². The third-order valence-electron chi connectivity index (χ3n) is 3.61. The average Bonchev–Trinajstić information content (AvgIpc) is 2.89. The van der Waals surface area contributed by atoms with E-state index in [-0.39, 0.29) is 11.9 Å². The lowest BCUT2D eigenvalue weighted by atomic mass is 10.1. The van der Waals surface area contributed by atoms with Crippen molar-refractivity contribution in [2.45, 2.75) is 38.9 Å². The summed E-state index contributed by atoms with van der Waals surface area (Å²) in [7, 11) is 0. The first kappa shape index (κ1) is 14.3. The Morgan fingerprint density at radius 1 is 1.53 bits per heavy atom. The second-order valence-electron chi connectivity index (χ2n) is 5.05. The summed E-state index contributed by atoms with van der Waals surface area (Å²) in [5.74, 6) is -0.312. The number of aliphatic hydroxyl groups excluding tert-OH is 1. The zero-order valence-electron chi connectivity index (χ0n) is 11.6. The van der Waals surface area contributed by atoms with E-state index in [1.165, 1.54) is 12.1 Å². The van der Waals surface area contributed by atoms with Crippen LogP contribution in [0.25, 0.3) is 0 Å². The topological polar surface area (TPSA) is 32.7 Å². The number of halogens is 1. The van der Waals surface area contributed by atoms with Crippen LogP contribution in [0.4, 0.5) is 10.1 Å². The van der Waals surface area contributed by atoms with E-state index in [0.717, 1.165) is 38.2 Å². The zero-order valence-corrected chi connectivity index (χ0v) is 11.6. The van der Waals surface area contributed by atoms with Gasteiger partial charge in [0.05, 0.1) is 12.2 Å². The van der Waals surface area contributed by atoms with Gasteiger partial charge in [0.15, 0.2) is 0 Å². The van der Waals surface area contributed by atoms with E-state index in [0.29, 0.717) is 5.56 Å². The van der Waals surface area contributed by atoms with Crippen molar-refractivity contribution in [2.24, 2.45) is 0 Å². The van der Waals surface area contributed by atoms with Gasteiger partial charge in [-0.15, -0.1) is 0 Å². The smallest absolute Gasteiger partial charge is 0.123 e. The molecule has 0 aliphatic carbocycles. The molecule has 3 nitrogen and oxygen atoms in total. The van der Waals surface area contributed by atoms with Crippen LogP contribution in [0.5, 0.6) is 0 Å². The van der Waals surface area contributed by atoms with E-state index in [4.69, 9.17) is 4.74 Å². The first-order chi connectivity index (χ1) is 9.11. The van der Waals surface area contributed by atoms with Gasteiger partial charge in [0, 0.05) is 30.9 Å². The number of aliphatic hydroxyl groups is 1. The van der Waals surface area contributed by atoms with E-state index < -0.39 is 6.10 Å². The highest BCUT2D eigenvalue weighted by Crippen LogP contribution is 2.28. The van der Waals surface area contributed by atoms with E-state index in [1.807, 2.05) is 0 Å². The van der Waals surface area contributed by atoms with E-state index in [9.17, 15) is 9.50 Å². The number of ether oxygens (including phenoxy) is 1. The second kappa shape index (κ2) is 6.35. The molecule has 0 radical (unpaired) electrons. The Morgan fingerprint density at radius 3 is 2.89 bits per heavy atom. The molecule has 1 fully saturated rings. The minimum Gasteiger partial charge on any atom is -0.389 e. The number of rotatable bonds is 5. The molecule has 0 amide bonds. The molecule has 0 spiro atoms. The van der Waals surface area contributed by atoms with Gasteiger partial charge in [-0.3, -0.25) is 0 Å². The second-order valence-corrected chi connectivity index (χ2v) is 5.05. The highest BCUT2D eigenvalue weighted by molar-refractivity contribution is 5.54. The number of likely N-dealkylation sites (N-methyl/N-ethyl adjacent to an activating group) is 1. The first-order valence-electron chi connectivity index (χ1n) is 6.96. The molecule has 0 saturated carbocycles. The summed E-state index contributed by atoms with van der Waals surface area (Å²) in [6.07, 6.45) is 1.74. The van der Waals surface area contributed by atoms with Crippen molar-refractivity contribution in [3.63, 3.8) is 0 Å². The van der Waals surface area contributed by atoms with Crippen molar-refractivity contribution in [1.82, 2.24) is 0 Å². The quantitative estimate of drug-likeness (QED) is 0.890. The summed E-state index contributed by atoms with van der Waals surface area (Å²) in [4.78, 5) is 2.15. The maximum absolute atomic E-state index is 13.3. The number of hydrogen-bond acceptors (Lipinski definition) is 3. The van der Waals surface area contributed by atoms with Crippen molar-refractivity contribution >= 4 is 5.69 Å². The molecule has 1 aromatic rings. The van der Waals surface area contributed by atoms with Gasteiger partial charge in [-0.25, -0.2) is 4.39 Å². The molecule has 1 N–H and O–H groups in total. The highest BCUT2D eigenvalue weighted by Gasteiger charge is 2.21. The highest BCUT2D eigenvalue weighted by atomic mass is 19.1. The van der Waals surface area contributed by atoms with Crippen molar-refractivity contribution < 1.29 is 14.2 Å². The van der Waals surface area contributed by atoms with Crippen molar-refractivity contribution in [1.29, 1.82) is 0 Å². The van der Waals surface area contributed by atoms with Crippen LogP contribution in [0.2, 0.25) is 0 Å². The average molecular weight is 267 g/mol. The summed E-state index contributed by atoms with van der Waals surface area (Å²) in [5, 5.41) is 9.81. The third kappa shape index (κ3) is 3.45. The maximum Gasteiger partial charge on any atom is 0.123 e. The van der Waals surface area contributed by atoms with Crippen molar-refractivity contribution in [2.75, 3.05) is 24.6 Å². The van der Waals surface area contributed by atoms with Gasteiger partial charge in [-0.05, 0) is 44.9 Å². The lowest BCUT2D eigenvalue weighted by Crippen LogP contribution is -2.32. The van der Waals surface area contributed by atoms with Crippen LogP contribution in [-0.2, 0) is 4.74 Å². The predicted octanol–water partition coefficient (Wildman–Crippen LogP) is 2.88. The third-order valence-corrected chi connectivity index (χ3v) is 3.61. The number of nitrogens with zero attached hydrogens (tertiary/aromatic N) is 1. The fourth-order valence-electron chi connectivity index (χ4n) is 2.58. The molecule has 106 valence electrons. The summed E-state index contributed by atoms with van der Waals surface area (Å²) in [6, 6.07) is 4.60. The number of benzene rings is 1. The lowest BCUT2D eigenvalue weighted by Gasteiger charge is -2.29. The summed E-state index contributed by atoms with van der Waals surface area (Å²) < 4.78 is 19.0. The maximum atomic E-state index is 13.3. The molecular formula is C15H22FNO2. The summed E-state index contributed by atoms with van der Waals surface area (Å²) >= 11 is 0. The van der Waals surface area contributed by atoms with Crippen LogP contribution in [-0.4, -0.2) is 30.9 Å². The standard InChI is InChI=1S/C15H22FNO2/c1-3-17(10-13-5-4-8-19-13)15-7-6-12(16)9-14(15)11(2)18/h6-7,9,11,13,18H,3-5,8,10H2,1-2H3/t11-,13?/m0/s1. The Morgan fingerprint density at radius 2 is 2.32 bits per heavy atom. The normalized spacial score (nSPS) is 20.5. The molecule has 1 aromatic carbocycles. The SMILES string of the molecule is CCN(CC1CCCO1)c1ccc(F)cc1[C@H](C)O. The first-order valence-corrected chi connectivity index (χ1v) is 6.96. The lowest BCUT2D eigenvalue weighted by molar-refractivity contribution is 0.115. The monoisotopic (exact) mass is 267 g/mol. The van der Waals surface area contributed by atoms with Crippen LogP contribution in [0.1, 0.15) is 38.4 Å². The predicted molar refractivity (Wildman–Crippen MR) is 73.9 cm³/mol. The van der Waals surface area contributed by atoms with Crippen LogP contribution in [0.15, 0.2) is 18.2 Å². The molecule has 1 aliphatic heterocycles. The minimum absolute atomic E-state index is 0.242. The Balaban J connectivity index is 2.21. The van der Waals surface area contributed by atoms with E-state index in [2.05, 4.69) is 11.8 Å². The van der Waals surface area contributed by atoms with Gasteiger partial charge in [-0.2, -0.15) is 0 Å². The van der Waals surface area contributed by atoms with Crippen molar-refractivity contribution in [3.8, 4) is 0 Å². The fraction of sp³-hybridized carbons (Fsp3) is 0.600. The Hall–Kier alpha value is -1.13. The minimum atomic E-state index is -0.677. The molecule has 1 saturated heterocycles. The van der Waals surface area contributed by atoms with Gasteiger partial charge in [0.25, 0.3) is 0 Å². The van der Waals surface area contributed by atoms with Crippen LogP contribution in [0, 0.1) is 5.82 Å². The fourth-order valence-corrected chi connectivity index (χ4v) is 2.58. The van der Waals surface area contributed by atoms with Crippen LogP contribution in [0.3, 0.4) is 0 Å². The van der Waals surface area contributed by atoms with Gasteiger partial charge in [-0.1, -0.05) is 0 Å². The van der Waals surface area contributed by atoms with Gasteiger partial charge in [0.2, 0.25) is 0 Å². The molecule has 0 bridgehead atoms. The molecule has 2 atom stereocenters. The summed E-state index contributed by atoms with van der Waals surface area (Å²) in [5.41, 5.74) is 1.54. The molecular weight excluding hydrogens is 245 g/mol. The molecule has 1 aliphatic rings. The Kier molecular flexibility index (Phi) is 4.77. The molecule has 1 heterocycles. The van der Waals surface area contributed by atoms with Crippen molar-refractivity contribution in [3.05, 3.63) is 29.6 Å².